The maximum Gasteiger partial charge on any atom is 0.249 e. The van der Waals surface area contributed by atoms with Crippen molar-refractivity contribution in [3.63, 3.8) is 0 Å². The summed E-state index contributed by atoms with van der Waals surface area (Å²) in [5.41, 5.74) is 2.36. The van der Waals surface area contributed by atoms with Crippen LogP contribution in [0.25, 0.3) is 10.7 Å². The van der Waals surface area contributed by atoms with Gasteiger partial charge in [-0.2, -0.15) is 4.98 Å². The molecular weight excluding hydrogens is 344 g/mol. The number of anilines is 2. The molecule has 1 atom stereocenters. The van der Waals surface area contributed by atoms with E-state index in [1.54, 1.807) is 11.3 Å². The van der Waals surface area contributed by atoms with Gasteiger partial charge in [0.05, 0.1) is 4.88 Å². The molecule has 136 valence electrons. The maximum absolute atomic E-state index is 5.43. The van der Waals surface area contributed by atoms with Crippen molar-refractivity contribution < 1.29 is 4.52 Å². The van der Waals surface area contributed by atoms with Crippen molar-refractivity contribution in [3.8, 4) is 10.7 Å². The molecule has 2 aromatic heterocycles. The average molecular weight is 369 g/mol. The lowest BCUT2D eigenvalue weighted by molar-refractivity contribution is 0.368. The molecule has 3 heterocycles. The summed E-state index contributed by atoms with van der Waals surface area (Å²) in [6.07, 6.45) is 2.56. The van der Waals surface area contributed by atoms with Gasteiger partial charge in [-0.15, -0.1) is 11.3 Å². The van der Waals surface area contributed by atoms with Gasteiger partial charge in [0.15, 0.2) is 0 Å². The van der Waals surface area contributed by atoms with Gasteiger partial charge < -0.3 is 14.7 Å². The highest BCUT2D eigenvalue weighted by Gasteiger charge is 2.17. The fourth-order valence-electron chi connectivity index (χ4n) is 3.26. The minimum atomic E-state index is -0.0436. The van der Waals surface area contributed by atoms with Crippen molar-refractivity contribution in [3.05, 3.63) is 47.7 Å². The third-order valence-corrected chi connectivity index (χ3v) is 5.82. The Morgan fingerprint density at radius 2 is 1.96 bits per heavy atom. The van der Waals surface area contributed by atoms with Crippen LogP contribution >= 0.6 is 11.3 Å². The van der Waals surface area contributed by atoms with Crippen LogP contribution in [0, 0.1) is 5.92 Å². The second-order valence-electron chi connectivity index (χ2n) is 7.02. The molecule has 1 aliphatic rings. The number of hydrogen-bond donors (Lipinski definition) is 1. The molecule has 0 radical (unpaired) electrons. The second-order valence-corrected chi connectivity index (χ2v) is 7.96. The fraction of sp³-hybridized carbons (Fsp3) is 0.400. The van der Waals surface area contributed by atoms with Gasteiger partial charge in [0, 0.05) is 24.5 Å². The molecule has 26 heavy (non-hydrogen) atoms. The standard InChI is InChI=1S/C20H24N4OS/c1-14-9-11-24(12-10-14)17-7-5-16(6-8-17)21-15(2)20-22-19(23-25-20)18-4-3-13-26-18/h3-8,13-15,21H,9-12H2,1-2H3/t15-/m1/s1. The average Bonchev–Trinajstić information content (AvgIpc) is 3.35. The predicted molar refractivity (Wildman–Crippen MR) is 107 cm³/mol. The van der Waals surface area contributed by atoms with E-state index in [0.29, 0.717) is 11.7 Å². The lowest BCUT2D eigenvalue weighted by atomic mass is 9.99. The molecule has 0 spiro atoms. The molecule has 0 aliphatic carbocycles. The molecule has 5 nitrogen and oxygen atoms in total. The van der Waals surface area contributed by atoms with Crippen LogP contribution in [0.5, 0.6) is 0 Å². The molecule has 4 rings (SSSR count). The highest BCUT2D eigenvalue weighted by atomic mass is 32.1. The van der Waals surface area contributed by atoms with E-state index in [2.05, 4.69) is 51.5 Å². The third-order valence-electron chi connectivity index (χ3n) is 4.95. The van der Waals surface area contributed by atoms with Crippen LogP contribution in [0.4, 0.5) is 11.4 Å². The van der Waals surface area contributed by atoms with Crippen molar-refractivity contribution in [1.29, 1.82) is 0 Å². The summed E-state index contributed by atoms with van der Waals surface area (Å²) < 4.78 is 5.43. The van der Waals surface area contributed by atoms with Crippen molar-refractivity contribution >= 4 is 22.7 Å². The molecule has 1 aromatic carbocycles. The van der Waals surface area contributed by atoms with Crippen LogP contribution < -0.4 is 10.2 Å². The monoisotopic (exact) mass is 368 g/mol. The van der Waals surface area contributed by atoms with E-state index in [0.717, 1.165) is 29.6 Å². The zero-order valence-electron chi connectivity index (χ0n) is 15.2. The van der Waals surface area contributed by atoms with E-state index in [4.69, 9.17) is 4.52 Å². The summed E-state index contributed by atoms with van der Waals surface area (Å²) in [6, 6.07) is 12.6. The van der Waals surface area contributed by atoms with Gasteiger partial charge in [0.25, 0.3) is 0 Å². The van der Waals surface area contributed by atoms with E-state index < -0.39 is 0 Å². The summed E-state index contributed by atoms with van der Waals surface area (Å²) >= 11 is 1.61. The Morgan fingerprint density at radius 1 is 1.19 bits per heavy atom. The summed E-state index contributed by atoms with van der Waals surface area (Å²) in [6.45, 7) is 6.68. The quantitative estimate of drug-likeness (QED) is 0.670. The predicted octanol–water partition coefficient (Wildman–Crippen LogP) is 5.21. The number of aromatic nitrogens is 2. The molecule has 3 aromatic rings. The molecule has 0 unspecified atom stereocenters. The van der Waals surface area contributed by atoms with E-state index in [-0.39, 0.29) is 6.04 Å². The Bertz CT molecular complexity index is 820. The molecule has 0 amide bonds. The Balaban J connectivity index is 1.39. The summed E-state index contributed by atoms with van der Waals surface area (Å²) in [5.74, 6) is 2.10. The van der Waals surface area contributed by atoms with Crippen molar-refractivity contribution in [2.24, 2.45) is 5.92 Å². The zero-order chi connectivity index (χ0) is 17.9. The number of rotatable bonds is 5. The van der Waals surface area contributed by atoms with Crippen molar-refractivity contribution in [1.82, 2.24) is 10.1 Å². The number of nitrogens with one attached hydrogen (secondary N) is 1. The van der Waals surface area contributed by atoms with E-state index in [9.17, 15) is 0 Å². The largest absolute Gasteiger partial charge is 0.374 e. The lowest BCUT2D eigenvalue weighted by Crippen LogP contribution is -2.32. The molecule has 1 saturated heterocycles. The van der Waals surface area contributed by atoms with E-state index in [1.807, 2.05) is 24.4 Å². The second kappa shape index (κ2) is 7.50. The van der Waals surface area contributed by atoms with Crippen LogP contribution in [0.3, 0.4) is 0 Å². The van der Waals surface area contributed by atoms with E-state index >= 15 is 0 Å². The van der Waals surface area contributed by atoms with Gasteiger partial charge in [-0.05, 0) is 61.4 Å². The van der Waals surface area contributed by atoms with Gasteiger partial charge in [0.2, 0.25) is 11.7 Å². The summed E-state index contributed by atoms with van der Waals surface area (Å²) in [4.78, 5) is 8.00. The molecule has 1 fully saturated rings. The Kier molecular flexibility index (Phi) is 4.93. The smallest absolute Gasteiger partial charge is 0.249 e. The zero-order valence-corrected chi connectivity index (χ0v) is 16.0. The summed E-state index contributed by atoms with van der Waals surface area (Å²) in [5, 5.41) is 9.53. The van der Waals surface area contributed by atoms with E-state index in [1.165, 1.54) is 18.5 Å². The van der Waals surface area contributed by atoms with Crippen LogP contribution in [0.1, 0.15) is 38.6 Å². The molecule has 1 N–H and O–H groups in total. The van der Waals surface area contributed by atoms with Crippen LogP contribution in [-0.2, 0) is 0 Å². The van der Waals surface area contributed by atoms with Gasteiger partial charge >= 0.3 is 0 Å². The van der Waals surface area contributed by atoms with Crippen molar-refractivity contribution in [2.45, 2.75) is 32.7 Å². The normalized spacial score (nSPS) is 16.6. The number of hydrogen-bond acceptors (Lipinski definition) is 6. The maximum atomic E-state index is 5.43. The van der Waals surface area contributed by atoms with Crippen LogP contribution in [0.2, 0.25) is 0 Å². The minimum absolute atomic E-state index is 0.0436. The lowest BCUT2D eigenvalue weighted by Gasteiger charge is -2.32. The highest BCUT2D eigenvalue weighted by Crippen LogP contribution is 2.27. The summed E-state index contributed by atoms with van der Waals surface area (Å²) in [7, 11) is 0. The van der Waals surface area contributed by atoms with Gasteiger partial charge in [-0.3, -0.25) is 0 Å². The minimum Gasteiger partial charge on any atom is -0.374 e. The topological polar surface area (TPSA) is 54.2 Å². The Labute approximate surface area is 158 Å². The van der Waals surface area contributed by atoms with Gasteiger partial charge in [-0.25, -0.2) is 0 Å². The molecular formula is C20H24N4OS. The first-order valence-corrected chi connectivity index (χ1v) is 10.1. The molecule has 0 saturated carbocycles. The fourth-order valence-corrected chi connectivity index (χ4v) is 3.91. The van der Waals surface area contributed by atoms with Crippen LogP contribution in [-0.4, -0.2) is 23.2 Å². The SMILES string of the molecule is CC1CCN(c2ccc(N[C@H](C)c3nc(-c4cccs4)no3)cc2)CC1. The molecule has 0 bridgehead atoms. The Morgan fingerprint density at radius 3 is 2.65 bits per heavy atom. The van der Waals surface area contributed by atoms with Gasteiger partial charge in [0.1, 0.15) is 6.04 Å². The first-order valence-electron chi connectivity index (χ1n) is 9.18. The third kappa shape index (κ3) is 3.75. The molecule has 1 aliphatic heterocycles. The number of nitrogens with zero attached hydrogens (tertiary/aromatic N) is 3. The first kappa shape index (κ1) is 17.1. The van der Waals surface area contributed by atoms with Crippen LogP contribution in [0.15, 0.2) is 46.3 Å². The number of thiophene rings is 1. The Hall–Kier alpha value is -2.34. The number of piperidine rings is 1. The highest BCUT2D eigenvalue weighted by molar-refractivity contribution is 7.13. The van der Waals surface area contributed by atoms with Gasteiger partial charge in [-0.1, -0.05) is 18.1 Å². The van der Waals surface area contributed by atoms with Crippen molar-refractivity contribution in [2.75, 3.05) is 23.3 Å². The number of benzene rings is 1. The first-order chi connectivity index (χ1) is 12.7. The molecule has 6 heteroatoms.